The maximum atomic E-state index is 6.46. The number of alkyl halides is 1. The molecular formula is C13H25Cl. The van der Waals surface area contributed by atoms with E-state index in [-0.39, 0.29) is 0 Å². The minimum atomic E-state index is 0.400. The summed E-state index contributed by atoms with van der Waals surface area (Å²) in [6.07, 6.45) is 5.54. The Balaban J connectivity index is 2.47. The van der Waals surface area contributed by atoms with Gasteiger partial charge in [-0.3, -0.25) is 0 Å². The van der Waals surface area contributed by atoms with Crippen LogP contribution in [-0.2, 0) is 0 Å². The molecular weight excluding hydrogens is 192 g/mol. The molecule has 0 aromatic carbocycles. The number of halogens is 1. The van der Waals surface area contributed by atoms with E-state index in [1.54, 1.807) is 0 Å². The molecule has 14 heavy (non-hydrogen) atoms. The van der Waals surface area contributed by atoms with Crippen LogP contribution in [0.25, 0.3) is 0 Å². The molecule has 0 bridgehead atoms. The molecule has 0 aliphatic heterocycles. The van der Waals surface area contributed by atoms with Gasteiger partial charge in [0.1, 0.15) is 0 Å². The highest BCUT2D eigenvalue weighted by Gasteiger charge is 2.29. The summed E-state index contributed by atoms with van der Waals surface area (Å²) >= 11 is 6.46. The third-order valence-corrected chi connectivity index (χ3v) is 4.65. The lowest BCUT2D eigenvalue weighted by atomic mass is 9.73. The predicted molar refractivity (Wildman–Crippen MR) is 64.8 cm³/mol. The molecule has 1 heteroatoms. The second-order valence-electron chi connectivity index (χ2n) is 5.62. The van der Waals surface area contributed by atoms with E-state index < -0.39 is 0 Å². The zero-order valence-corrected chi connectivity index (χ0v) is 10.8. The molecule has 0 N–H and O–H groups in total. The van der Waals surface area contributed by atoms with Crippen LogP contribution in [0.4, 0.5) is 0 Å². The maximum Gasteiger partial charge on any atom is 0.0387 e. The Morgan fingerprint density at radius 2 is 1.57 bits per heavy atom. The van der Waals surface area contributed by atoms with Crippen LogP contribution in [0.1, 0.15) is 53.4 Å². The fourth-order valence-electron chi connectivity index (χ4n) is 2.71. The van der Waals surface area contributed by atoms with E-state index in [4.69, 9.17) is 11.6 Å². The number of rotatable bonds is 3. The fourth-order valence-corrected chi connectivity index (χ4v) is 2.93. The minimum Gasteiger partial charge on any atom is -0.122 e. The second kappa shape index (κ2) is 5.39. The van der Waals surface area contributed by atoms with Crippen LogP contribution < -0.4 is 0 Å². The van der Waals surface area contributed by atoms with Gasteiger partial charge < -0.3 is 0 Å². The van der Waals surface area contributed by atoms with E-state index in [1.807, 2.05) is 0 Å². The fraction of sp³-hybridized carbons (Fsp3) is 1.00. The Kier molecular flexibility index (Phi) is 4.76. The first-order valence-corrected chi connectivity index (χ1v) is 6.60. The molecule has 1 aliphatic carbocycles. The van der Waals surface area contributed by atoms with Gasteiger partial charge in [0.2, 0.25) is 0 Å². The molecule has 0 amide bonds. The highest BCUT2D eigenvalue weighted by Crippen LogP contribution is 2.38. The zero-order valence-electron chi connectivity index (χ0n) is 10.1. The zero-order chi connectivity index (χ0) is 10.7. The maximum absolute atomic E-state index is 6.46. The van der Waals surface area contributed by atoms with Crippen molar-refractivity contribution in [1.82, 2.24) is 0 Å². The Labute approximate surface area is 94.4 Å². The Morgan fingerprint density at radius 3 is 2.07 bits per heavy atom. The summed E-state index contributed by atoms with van der Waals surface area (Å²) < 4.78 is 0. The van der Waals surface area contributed by atoms with Crippen LogP contribution in [0.3, 0.4) is 0 Å². The Bertz CT molecular complexity index is 157. The second-order valence-corrected chi connectivity index (χ2v) is 6.12. The van der Waals surface area contributed by atoms with Gasteiger partial charge in [0, 0.05) is 5.38 Å². The summed E-state index contributed by atoms with van der Waals surface area (Å²) in [6.45, 7) is 9.20. The average Bonchev–Trinajstić information content (AvgIpc) is 2.16. The van der Waals surface area contributed by atoms with Crippen LogP contribution in [0, 0.1) is 23.7 Å². The van der Waals surface area contributed by atoms with E-state index in [9.17, 15) is 0 Å². The van der Waals surface area contributed by atoms with Crippen LogP contribution in [0.2, 0.25) is 0 Å². The summed E-state index contributed by atoms with van der Waals surface area (Å²) in [7, 11) is 0. The van der Waals surface area contributed by atoms with Gasteiger partial charge in [-0.05, 0) is 36.5 Å². The van der Waals surface area contributed by atoms with Crippen molar-refractivity contribution in [2.24, 2.45) is 23.7 Å². The van der Waals surface area contributed by atoms with Crippen LogP contribution >= 0.6 is 11.6 Å². The van der Waals surface area contributed by atoms with Gasteiger partial charge in [-0.15, -0.1) is 11.6 Å². The Morgan fingerprint density at radius 1 is 1.00 bits per heavy atom. The van der Waals surface area contributed by atoms with Gasteiger partial charge >= 0.3 is 0 Å². The highest BCUT2D eigenvalue weighted by atomic mass is 35.5. The lowest BCUT2D eigenvalue weighted by Gasteiger charge is -2.35. The molecule has 3 unspecified atom stereocenters. The first-order chi connectivity index (χ1) is 6.52. The van der Waals surface area contributed by atoms with E-state index in [2.05, 4.69) is 27.7 Å². The highest BCUT2D eigenvalue weighted by molar-refractivity contribution is 6.20. The van der Waals surface area contributed by atoms with Gasteiger partial charge in [-0.25, -0.2) is 0 Å². The average molecular weight is 217 g/mol. The van der Waals surface area contributed by atoms with Crippen molar-refractivity contribution in [3.8, 4) is 0 Å². The van der Waals surface area contributed by atoms with Crippen LogP contribution in [-0.4, -0.2) is 5.38 Å². The molecule has 0 aromatic heterocycles. The standard InChI is InChI=1S/C13H25Cl/c1-9(2)11-6-5-7-12(8-11)13(14)10(3)4/h9-13H,5-8H2,1-4H3. The third kappa shape index (κ3) is 3.15. The van der Waals surface area contributed by atoms with Crippen molar-refractivity contribution in [2.45, 2.75) is 58.8 Å². The Hall–Kier alpha value is 0.290. The molecule has 84 valence electrons. The normalized spacial score (nSPS) is 31.1. The van der Waals surface area contributed by atoms with Gasteiger partial charge in [0.05, 0.1) is 0 Å². The SMILES string of the molecule is CC(C)C1CCCC(C(Cl)C(C)C)C1. The topological polar surface area (TPSA) is 0 Å². The summed E-state index contributed by atoms with van der Waals surface area (Å²) in [6, 6.07) is 0. The summed E-state index contributed by atoms with van der Waals surface area (Å²) in [5.74, 6) is 3.17. The third-order valence-electron chi connectivity index (χ3n) is 3.79. The van der Waals surface area contributed by atoms with Crippen molar-refractivity contribution in [2.75, 3.05) is 0 Å². The molecule has 1 fully saturated rings. The molecule has 1 saturated carbocycles. The van der Waals surface area contributed by atoms with Crippen LogP contribution in [0.15, 0.2) is 0 Å². The van der Waals surface area contributed by atoms with Gasteiger partial charge in [-0.2, -0.15) is 0 Å². The van der Waals surface area contributed by atoms with Crippen molar-refractivity contribution in [3.63, 3.8) is 0 Å². The van der Waals surface area contributed by atoms with Gasteiger partial charge in [0.25, 0.3) is 0 Å². The molecule has 0 radical (unpaired) electrons. The summed E-state index contributed by atoms with van der Waals surface area (Å²) in [5, 5.41) is 0.400. The molecule has 3 atom stereocenters. The monoisotopic (exact) mass is 216 g/mol. The first-order valence-electron chi connectivity index (χ1n) is 6.16. The van der Waals surface area contributed by atoms with Crippen LogP contribution in [0.5, 0.6) is 0 Å². The van der Waals surface area contributed by atoms with E-state index in [1.165, 1.54) is 25.7 Å². The van der Waals surface area contributed by atoms with E-state index >= 15 is 0 Å². The largest absolute Gasteiger partial charge is 0.122 e. The van der Waals surface area contributed by atoms with Crippen molar-refractivity contribution in [3.05, 3.63) is 0 Å². The lowest BCUT2D eigenvalue weighted by molar-refractivity contribution is 0.198. The summed E-state index contributed by atoms with van der Waals surface area (Å²) in [5.41, 5.74) is 0. The summed E-state index contributed by atoms with van der Waals surface area (Å²) in [4.78, 5) is 0. The molecule has 0 spiro atoms. The molecule has 0 aromatic rings. The molecule has 0 saturated heterocycles. The van der Waals surface area contributed by atoms with Gasteiger partial charge in [-0.1, -0.05) is 40.5 Å². The lowest BCUT2D eigenvalue weighted by Crippen LogP contribution is -2.28. The number of hydrogen-bond acceptors (Lipinski definition) is 0. The smallest absolute Gasteiger partial charge is 0.0387 e. The van der Waals surface area contributed by atoms with Crippen molar-refractivity contribution >= 4 is 11.6 Å². The quantitative estimate of drug-likeness (QED) is 0.600. The molecule has 1 aliphatic rings. The molecule has 0 heterocycles. The van der Waals surface area contributed by atoms with Crippen molar-refractivity contribution in [1.29, 1.82) is 0 Å². The molecule has 0 nitrogen and oxygen atoms in total. The first kappa shape index (κ1) is 12.4. The molecule has 1 rings (SSSR count). The van der Waals surface area contributed by atoms with E-state index in [0.717, 1.165) is 17.8 Å². The minimum absolute atomic E-state index is 0.400. The predicted octanol–water partition coefficient (Wildman–Crippen LogP) is 4.71. The van der Waals surface area contributed by atoms with Gasteiger partial charge in [0.15, 0.2) is 0 Å². The van der Waals surface area contributed by atoms with Crippen molar-refractivity contribution < 1.29 is 0 Å². The number of hydrogen-bond donors (Lipinski definition) is 0. The van der Waals surface area contributed by atoms with E-state index in [0.29, 0.717) is 11.3 Å².